The van der Waals surface area contributed by atoms with Crippen LogP contribution in [-0.2, 0) is 16.1 Å². The highest BCUT2D eigenvalue weighted by Crippen LogP contribution is 2.16. The van der Waals surface area contributed by atoms with E-state index in [2.05, 4.69) is 15.6 Å². The second-order valence-corrected chi connectivity index (χ2v) is 4.25. The van der Waals surface area contributed by atoms with Crippen LogP contribution < -0.4 is 10.6 Å². The van der Waals surface area contributed by atoms with E-state index in [1.54, 1.807) is 18.7 Å². The topological polar surface area (TPSA) is 84.2 Å². The lowest BCUT2D eigenvalue weighted by Gasteiger charge is -2.06. The Balaban J connectivity index is 1.85. The molecule has 0 saturated carbocycles. The first-order chi connectivity index (χ1) is 9.65. The number of nitrogens with one attached hydrogen (secondary N) is 2. The maximum Gasteiger partial charge on any atom is 0.239 e. The summed E-state index contributed by atoms with van der Waals surface area (Å²) in [7, 11) is 0. The third kappa shape index (κ3) is 3.94. The Bertz CT molecular complexity index is 576. The molecule has 0 aliphatic rings. The van der Waals surface area contributed by atoms with Gasteiger partial charge in [0.2, 0.25) is 11.8 Å². The fraction of sp³-hybridized carbons (Fsp3) is 0.214. The van der Waals surface area contributed by atoms with E-state index in [4.69, 9.17) is 4.42 Å². The van der Waals surface area contributed by atoms with E-state index >= 15 is 0 Å². The molecule has 2 aromatic rings. The largest absolute Gasteiger partial charge is 0.472 e. The van der Waals surface area contributed by atoms with Gasteiger partial charge in [0.25, 0.3) is 0 Å². The van der Waals surface area contributed by atoms with Gasteiger partial charge in [-0.25, -0.2) is 0 Å². The molecule has 2 amide bonds. The average Bonchev–Trinajstić information content (AvgIpc) is 2.97. The van der Waals surface area contributed by atoms with Crippen molar-refractivity contribution >= 4 is 11.8 Å². The molecule has 2 rings (SSSR count). The number of pyridine rings is 1. The first-order valence-electron chi connectivity index (χ1n) is 6.14. The minimum absolute atomic E-state index is 0.0180. The number of rotatable bonds is 5. The summed E-state index contributed by atoms with van der Waals surface area (Å²) in [5.74, 6) is -0.467. The quantitative estimate of drug-likeness (QED) is 0.854. The molecule has 0 aliphatic heterocycles. The van der Waals surface area contributed by atoms with Gasteiger partial charge in [-0.3, -0.25) is 14.6 Å². The monoisotopic (exact) mass is 273 g/mol. The molecule has 104 valence electrons. The van der Waals surface area contributed by atoms with Crippen LogP contribution in [0.5, 0.6) is 0 Å². The summed E-state index contributed by atoms with van der Waals surface area (Å²) < 4.78 is 4.99. The predicted octanol–water partition coefficient (Wildman–Crippen LogP) is 1.09. The van der Waals surface area contributed by atoms with Crippen LogP contribution in [0.15, 0.2) is 41.3 Å². The molecule has 2 aromatic heterocycles. The van der Waals surface area contributed by atoms with Gasteiger partial charge >= 0.3 is 0 Å². The van der Waals surface area contributed by atoms with E-state index in [-0.39, 0.29) is 18.4 Å². The summed E-state index contributed by atoms with van der Waals surface area (Å²) >= 11 is 0. The highest BCUT2D eigenvalue weighted by atomic mass is 16.3. The maximum absolute atomic E-state index is 11.4. The minimum Gasteiger partial charge on any atom is -0.472 e. The van der Waals surface area contributed by atoms with Crippen molar-refractivity contribution in [2.24, 2.45) is 0 Å². The van der Waals surface area contributed by atoms with Crippen molar-refractivity contribution in [1.82, 2.24) is 15.6 Å². The van der Waals surface area contributed by atoms with Crippen LogP contribution in [0.25, 0.3) is 11.3 Å². The molecule has 2 heterocycles. The molecule has 0 spiro atoms. The molecule has 20 heavy (non-hydrogen) atoms. The van der Waals surface area contributed by atoms with E-state index < -0.39 is 0 Å². The number of amides is 2. The summed E-state index contributed by atoms with van der Waals surface area (Å²) in [4.78, 5) is 26.4. The number of nitrogens with zero attached hydrogens (tertiary/aromatic N) is 1. The number of furan rings is 1. The van der Waals surface area contributed by atoms with Crippen LogP contribution in [0.1, 0.15) is 12.5 Å². The summed E-state index contributed by atoms with van der Waals surface area (Å²) in [6, 6.07) is 5.57. The Morgan fingerprint density at radius 3 is 2.70 bits per heavy atom. The molecule has 0 saturated heterocycles. The average molecular weight is 273 g/mol. The lowest BCUT2D eigenvalue weighted by Crippen LogP contribution is -2.35. The molecule has 0 fully saturated rings. The van der Waals surface area contributed by atoms with Gasteiger partial charge in [0, 0.05) is 25.2 Å². The summed E-state index contributed by atoms with van der Waals surface area (Å²) in [5.41, 5.74) is 2.60. The second kappa shape index (κ2) is 6.51. The summed E-state index contributed by atoms with van der Waals surface area (Å²) in [5, 5.41) is 5.13. The van der Waals surface area contributed by atoms with Crippen LogP contribution in [0.2, 0.25) is 0 Å². The number of hydrogen-bond acceptors (Lipinski definition) is 4. The van der Waals surface area contributed by atoms with Gasteiger partial charge in [-0.2, -0.15) is 0 Å². The number of hydrogen-bond donors (Lipinski definition) is 2. The van der Waals surface area contributed by atoms with Gasteiger partial charge in [-0.05, 0) is 17.7 Å². The summed E-state index contributed by atoms with van der Waals surface area (Å²) in [6.45, 7) is 1.72. The predicted molar refractivity (Wildman–Crippen MR) is 72.5 cm³/mol. The third-order valence-electron chi connectivity index (χ3n) is 2.63. The van der Waals surface area contributed by atoms with Gasteiger partial charge in [0.1, 0.15) is 0 Å². The van der Waals surface area contributed by atoms with E-state index in [0.29, 0.717) is 6.54 Å². The molecule has 6 nitrogen and oxygen atoms in total. The van der Waals surface area contributed by atoms with Crippen LogP contribution in [0, 0.1) is 0 Å². The zero-order valence-electron chi connectivity index (χ0n) is 11.1. The highest BCUT2D eigenvalue weighted by molar-refractivity contribution is 5.83. The highest BCUT2D eigenvalue weighted by Gasteiger charge is 2.04. The van der Waals surface area contributed by atoms with Crippen molar-refractivity contribution in [3.8, 4) is 11.3 Å². The van der Waals surface area contributed by atoms with Crippen LogP contribution in [0.4, 0.5) is 0 Å². The first-order valence-corrected chi connectivity index (χ1v) is 6.14. The summed E-state index contributed by atoms with van der Waals surface area (Å²) in [6.07, 6.45) is 4.91. The van der Waals surface area contributed by atoms with E-state index in [9.17, 15) is 9.59 Å². The van der Waals surface area contributed by atoms with Crippen molar-refractivity contribution in [1.29, 1.82) is 0 Å². The number of aromatic nitrogens is 1. The Kier molecular flexibility index (Phi) is 4.49. The molecular weight excluding hydrogens is 258 g/mol. The molecule has 0 unspecified atom stereocenters. The zero-order chi connectivity index (χ0) is 14.4. The van der Waals surface area contributed by atoms with Gasteiger partial charge in [-0.1, -0.05) is 6.07 Å². The smallest absolute Gasteiger partial charge is 0.239 e. The Morgan fingerprint density at radius 1 is 1.25 bits per heavy atom. The van der Waals surface area contributed by atoms with Gasteiger partial charge < -0.3 is 15.1 Å². The number of carbonyl (C=O) groups is 2. The normalized spacial score (nSPS) is 10.1. The van der Waals surface area contributed by atoms with Gasteiger partial charge in [0.05, 0.1) is 24.8 Å². The minimum atomic E-state index is -0.237. The van der Waals surface area contributed by atoms with Gasteiger partial charge in [0.15, 0.2) is 0 Å². The van der Waals surface area contributed by atoms with Crippen LogP contribution >= 0.6 is 0 Å². The van der Waals surface area contributed by atoms with Crippen LogP contribution in [0.3, 0.4) is 0 Å². The van der Waals surface area contributed by atoms with Crippen LogP contribution in [-0.4, -0.2) is 23.3 Å². The molecule has 6 heteroatoms. The van der Waals surface area contributed by atoms with Crippen molar-refractivity contribution in [2.45, 2.75) is 13.5 Å². The second-order valence-electron chi connectivity index (χ2n) is 4.25. The number of carbonyl (C=O) groups excluding carboxylic acids is 2. The molecule has 0 radical (unpaired) electrons. The van der Waals surface area contributed by atoms with E-state index in [0.717, 1.165) is 16.8 Å². The lowest BCUT2D eigenvalue weighted by molar-refractivity contribution is -0.125. The lowest BCUT2D eigenvalue weighted by atomic mass is 10.2. The van der Waals surface area contributed by atoms with Crippen molar-refractivity contribution in [3.63, 3.8) is 0 Å². The molecular formula is C14H15N3O3. The molecule has 0 bridgehead atoms. The van der Waals surface area contributed by atoms with Crippen molar-refractivity contribution < 1.29 is 14.0 Å². The first kappa shape index (κ1) is 13.8. The molecule has 0 atom stereocenters. The fourth-order valence-corrected chi connectivity index (χ4v) is 1.58. The van der Waals surface area contributed by atoms with Gasteiger partial charge in [-0.15, -0.1) is 0 Å². The Morgan fingerprint density at radius 2 is 2.10 bits per heavy atom. The Hall–Kier alpha value is -2.63. The SMILES string of the molecule is CC(=O)NCC(=O)NCc1ccc(-c2ccoc2)nc1. The maximum atomic E-state index is 11.4. The molecule has 0 aromatic carbocycles. The van der Waals surface area contributed by atoms with Crippen molar-refractivity contribution in [2.75, 3.05) is 6.54 Å². The van der Waals surface area contributed by atoms with E-state index in [1.807, 2.05) is 18.2 Å². The molecule has 2 N–H and O–H groups in total. The molecule has 0 aliphatic carbocycles. The Labute approximate surface area is 116 Å². The third-order valence-corrected chi connectivity index (χ3v) is 2.63. The standard InChI is InChI=1S/C14H15N3O3/c1-10(18)15-8-14(19)17-7-11-2-3-13(16-6-11)12-4-5-20-9-12/h2-6,9H,7-8H2,1H3,(H,15,18)(H,17,19). The van der Waals surface area contributed by atoms with Crippen molar-refractivity contribution in [3.05, 3.63) is 42.5 Å². The van der Waals surface area contributed by atoms with E-state index in [1.165, 1.54) is 6.92 Å². The zero-order valence-corrected chi connectivity index (χ0v) is 11.1. The fourth-order valence-electron chi connectivity index (χ4n) is 1.58.